The Bertz CT molecular complexity index is 1010. The molecule has 0 aliphatic rings. The van der Waals surface area contributed by atoms with E-state index in [9.17, 15) is 4.79 Å². The van der Waals surface area contributed by atoms with Crippen LogP contribution in [0.3, 0.4) is 0 Å². The van der Waals surface area contributed by atoms with Gasteiger partial charge < -0.3 is 0 Å². The van der Waals surface area contributed by atoms with Crippen molar-refractivity contribution in [2.45, 2.75) is 20.8 Å². The fourth-order valence-electron chi connectivity index (χ4n) is 2.50. The van der Waals surface area contributed by atoms with Crippen LogP contribution < -0.4 is 19.1 Å². The SMILES string of the molecule is Cc1ccc(Oc2nc([As]c3ccc(Cl)cc3)c(=O)n(C)c2C)c(C)c1. The molecule has 0 aliphatic heterocycles. The number of hydrogen-bond acceptors (Lipinski definition) is 3. The Labute approximate surface area is 164 Å². The summed E-state index contributed by atoms with van der Waals surface area (Å²) in [6.45, 7) is 5.89. The van der Waals surface area contributed by atoms with Gasteiger partial charge in [0.05, 0.1) is 0 Å². The van der Waals surface area contributed by atoms with Crippen molar-refractivity contribution in [3.8, 4) is 11.6 Å². The van der Waals surface area contributed by atoms with E-state index in [1.807, 2.05) is 57.2 Å². The van der Waals surface area contributed by atoms with Crippen LogP contribution in [0, 0.1) is 20.8 Å². The average molecular weight is 430 g/mol. The molecule has 3 rings (SSSR count). The van der Waals surface area contributed by atoms with E-state index in [2.05, 4.69) is 11.1 Å². The molecule has 26 heavy (non-hydrogen) atoms. The molecule has 0 aliphatic carbocycles. The van der Waals surface area contributed by atoms with Gasteiger partial charge >= 0.3 is 165 Å². The summed E-state index contributed by atoms with van der Waals surface area (Å²) in [5.74, 6) is 1.22. The second kappa shape index (κ2) is 7.69. The third kappa shape index (κ3) is 4.03. The van der Waals surface area contributed by atoms with Gasteiger partial charge in [-0.05, 0) is 0 Å². The summed E-state index contributed by atoms with van der Waals surface area (Å²) in [4.78, 5) is 17.2. The van der Waals surface area contributed by atoms with Crippen LogP contribution >= 0.6 is 11.6 Å². The first kappa shape index (κ1) is 18.8. The fraction of sp³-hybridized carbons (Fsp3) is 0.200. The number of halogens is 1. The van der Waals surface area contributed by atoms with Gasteiger partial charge in [0.15, 0.2) is 0 Å². The van der Waals surface area contributed by atoms with Crippen LogP contribution in [-0.4, -0.2) is 25.3 Å². The fourth-order valence-corrected chi connectivity index (χ4v) is 4.57. The van der Waals surface area contributed by atoms with Gasteiger partial charge in [0.25, 0.3) is 0 Å². The van der Waals surface area contributed by atoms with Gasteiger partial charge in [-0.1, -0.05) is 0 Å². The molecule has 0 atom stereocenters. The Morgan fingerprint density at radius 2 is 1.77 bits per heavy atom. The molecular formula is C20H19AsClN2O2. The number of hydrogen-bond donors (Lipinski definition) is 0. The number of ether oxygens (including phenoxy) is 1. The Morgan fingerprint density at radius 3 is 2.42 bits per heavy atom. The number of rotatable bonds is 4. The minimum atomic E-state index is -0.555. The van der Waals surface area contributed by atoms with E-state index in [0.29, 0.717) is 21.1 Å². The molecule has 0 saturated carbocycles. The summed E-state index contributed by atoms with van der Waals surface area (Å²) in [6.07, 6.45) is 0. The van der Waals surface area contributed by atoms with Crippen molar-refractivity contribution < 1.29 is 4.74 Å². The third-order valence-electron chi connectivity index (χ3n) is 4.11. The zero-order chi connectivity index (χ0) is 18.8. The Hall–Kier alpha value is -2.03. The molecule has 3 aromatic rings. The second-order valence-electron chi connectivity index (χ2n) is 6.15. The number of benzene rings is 2. The maximum absolute atomic E-state index is 12.6. The van der Waals surface area contributed by atoms with E-state index in [1.54, 1.807) is 11.6 Å². The molecule has 0 saturated heterocycles. The van der Waals surface area contributed by atoms with Crippen molar-refractivity contribution >= 4 is 36.2 Å². The summed E-state index contributed by atoms with van der Waals surface area (Å²) in [7, 11) is 1.75. The van der Waals surface area contributed by atoms with Gasteiger partial charge in [-0.15, -0.1) is 0 Å². The Morgan fingerprint density at radius 1 is 1.08 bits per heavy atom. The summed E-state index contributed by atoms with van der Waals surface area (Å²) in [5, 5.41) is 0.679. The van der Waals surface area contributed by atoms with E-state index in [4.69, 9.17) is 16.3 Å². The number of aromatic nitrogens is 2. The van der Waals surface area contributed by atoms with E-state index < -0.39 is 15.8 Å². The maximum atomic E-state index is 12.6. The topological polar surface area (TPSA) is 44.1 Å². The molecule has 0 N–H and O–H groups in total. The molecule has 4 nitrogen and oxygen atoms in total. The second-order valence-corrected chi connectivity index (χ2v) is 9.03. The monoisotopic (exact) mass is 429 g/mol. The zero-order valence-corrected chi connectivity index (χ0v) is 17.7. The van der Waals surface area contributed by atoms with Gasteiger partial charge in [0.1, 0.15) is 0 Å². The van der Waals surface area contributed by atoms with Gasteiger partial charge in [-0.3, -0.25) is 0 Å². The average Bonchev–Trinajstić information content (AvgIpc) is 2.61. The zero-order valence-electron chi connectivity index (χ0n) is 15.1. The third-order valence-corrected chi connectivity index (χ3v) is 6.59. The van der Waals surface area contributed by atoms with E-state index in [0.717, 1.165) is 15.7 Å². The molecular weight excluding hydrogens is 411 g/mol. The van der Waals surface area contributed by atoms with Crippen LogP contribution in [0.25, 0.3) is 0 Å². The van der Waals surface area contributed by atoms with Crippen molar-refractivity contribution in [3.63, 3.8) is 0 Å². The summed E-state index contributed by atoms with van der Waals surface area (Å²) in [5.41, 5.74) is 2.84. The Kier molecular flexibility index (Phi) is 5.55. The first-order valence-electron chi connectivity index (χ1n) is 8.15. The molecule has 0 bridgehead atoms. The van der Waals surface area contributed by atoms with E-state index in [1.165, 1.54) is 5.56 Å². The molecule has 0 fully saturated rings. The van der Waals surface area contributed by atoms with Gasteiger partial charge in [-0.2, -0.15) is 0 Å². The molecule has 2 aromatic carbocycles. The van der Waals surface area contributed by atoms with Crippen molar-refractivity contribution in [2.75, 3.05) is 0 Å². The minimum absolute atomic E-state index is 0.0783. The molecule has 0 spiro atoms. The molecule has 6 heteroatoms. The quantitative estimate of drug-likeness (QED) is 0.599. The van der Waals surface area contributed by atoms with Crippen LogP contribution in [0.15, 0.2) is 47.3 Å². The first-order chi connectivity index (χ1) is 12.3. The van der Waals surface area contributed by atoms with Crippen LogP contribution in [0.4, 0.5) is 0 Å². The molecule has 0 unspecified atom stereocenters. The Balaban J connectivity index is 1.99. The molecule has 1 aromatic heterocycles. The van der Waals surface area contributed by atoms with Crippen molar-refractivity contribution in [1.82, 2.24) is 9.55 Å². The molecule has 1 radical (unpaired) electrons. The van der Waals surface area contributed by atoms with Crippen molar-refractivity contribution in [1.29, 1.82) is 0 Å². The normalized spacial score (nSPS) is 11.3. The predicted octanol–water partition coefficient (Wildman–Crippen LogP) is 2.81. The van der Waals surface area contributed by atoms with E-state index in [-0.39, 0.29) is 5.56 Å². The standard InChI is InChI=1S/C20H19AsClN2O2/c1-12-5-10-17(13(2)11-12)26-19-14(3)24(4)20(25)18(23-19)21-15-6-8-16(22)9-7-15/h5-11H,1-4H3. The van der Waals surface area contributed by atoms with Gasteiger partial charge in [0, 0.05) is 0 Å². The van der Waals surface area contributed by atoms with Gasteiger partial charge in [0.2, 0.25) is 0 Å². The van der Waals surface area contributed by atoms with E-state index >= 15 is 0 Å². The predicted molar refractivity (Wildman–Crippen MR) is 107 cm³/mol. The number of nitrogens with zero attached hydrogens (tertiary/aromatic N) is 2. The summed E-state index contributed by atoms with van der Waals surface area (Å²) < 4.78 is 9.26. The first-order valence-corrected chi connectivity index (χ1v) is 10.4. The molecule has 0 amide bonds. The van der Waals surface area contributed by atoms with Crippen molar-refractivity contribution in [3.05, 3.63) is 74.7 Å². The molecule has 1 heterocycles. The molecule has 133 valence electrons. The summed E-state index contributed by atoms with van der Waals surface area (Å²) in [6, 6.07) is 13.5. The van der Waals surface area contributed by atoms with Crippen LogP contribution in [0.5, 0.6) is 11.6 Å². The summed E-state index contributed by atoms with van der Waals surface area (Å²) >= 11 is 5.39. The van der Waals surface area contributed by atoms with Crippen LogP contribution in [0.1, 0.15) is 16.8 Å². The van der Waals surface area contributed by atoms with Gasteiger partial charge in [-0.25, -0.2) is 0 Å². The number of aryl methyl sites for hydroxylation is 2. The van der Waals surface area contributed by atoms with Crippen LogP contribution in [-0.2, 0) is 7.05 Å². The van der Waals surface area contributed by atoms with Crippen LogP contribution in [0.2, 0.25) is 5.02 Å². The van der Waals surface area contributed by atoms with Crippen molar-refractivity contribution in [2.24, 2.45) is 7.05 Å².